The van der Waals surface area contributed by atoms with Gasteiger partial charge in [0.2, 0.25) is 11.4 Å². The van der Waals surface area contributed by atoms with Crippen molar-refractivity contribution in [3.8, 4) is 62.6 Å². The minimum absolute atomic E-state index is 0.352. The number of aromatic nitrogens is 3. The first-order valence-electron chi connectivity index (χ1n) is 47.8. The molecule has 24 rings (SSSR count). The summed E-state index contributed by atoms with van der Waals surface area (Å²) in [6, 6.07) is 189. The number of nitrogens with zero attached hydrogens (tertiary/aromatic N) is 9. The minimum atomic E-state index is -2.95. The van der Waals surface area contributed by atoms with Crippen molar-refractivity contribution < 1.29 is 0 Å². The summed E-state index contributed by atoms with van der Waals surface area (Å²) in [5.74, 6) is 0. The first-order chi connectivity index (χ1) is 71.2. The molecule has 0 N–H and O–H groups in total. The molecule has 12 heteroatoms. The third-order valence-corrected chi connectivity index (χ3v) is 42.7. The van der Waals surface area contributed by atoms with Crippen molar-refractivity contribution in [1.29, 1.82) is 10.5 Å². The van der Waals surface area contributed by atoms with E-state index in [0.29, 0.717) is 39.6 Å². The highest BCUT2D eigenvalue weighted by atomic mass is 28.3. The van der Waals surface area contributed by atoms with Gasteiger partial charge in [0.1, 0.15) is 6.07 Å². The molecule has 21 aromatic carbocycles. The Kier molecular flexibility index (Phi) is 24.5. The van der Waals surface area contributed by atoms with Crippen molar-refractivity contribution >= 4 is 175 Å². The minimum Gasteiger partial charge on any atom is -0.320 e. The summed E-state index contributed by atoms with van der Waals surface area (Å²) in [7, 11) is -8.30. The second kappa shape index (κ2) is 39.2. The molecule has 24 aromatic rings. The zero-order chi connectivity index (χ0) is 97.5. The molecule has 0 aliphatic carbocycles. The van der Waals surface area contributed by atoms with Gasteiger partial charge in [-0.1, -0.05) is 461 Å². The Balaban J connectivity index is 0.000000123. The molecule has 0 aliphatic rings. The van der Waals surface area contributed by atoms with Crippen LogP contribution in [-0.2, 0) is 0 Å². The third-order valence-electron chi connectivity index (χ3n) is 28.2. The number of hydrogen-bond acceptors (Lipinski definition) is 2. The van der Waals surface area contributed by atoms with Gasteiger partial charge in [0.05, 0.1) is 88.0 Å². The van der Waals surface area contributed by atoms with Crippen LogP contribution in [0.4, 0.5) is 22.7 Å². The number of fused-ring (bicyclic) bond motifs is 9. The van der Waals surface area contributed by atoms with Crippen molar-refractivity contribution in [3.05, 3.63) is 585 Å². The molecule has 3 heterocycles. The average Bonchev–Trinajstić information content (AvgIpc) is 1.79. The molecular weight excluding hydrogens is 1800 g/mol. The Morgan fingerprint density at radius 1 is 0.194 bits per heavy atom. The lowest BCUT2D eigenvalue weighted by molar-refractivity contribution is 1.17. The quantitative estimate of drug-likeness (QED) is 0.0487. The topological polar surface area (TPSA) is 79.8 Å². The summed E-state index contributed by atoms with van der Waals surface area (Å²) in [6.07, 6.45) is 0. The molecule has 0 atom stereocenters. The summed E-state index contributed by atoms with van der Waals surface area (Å²) in [5, 5.41) is 43.4. The number of para-hydroxylation sites is 6. The Bertz CT molecular complexity index is 8790. The monoisotopic (exact) mass is 1880 g/mol. The highest BCUT2D eigenvalue weighted by Gasteiger charge is 2.46. The van der Waals surface area contributed by atoms with Crippen LogP contribution in [0.5, 0.6) is 0 Å². The van der Waals surface area contributed by atoms with Crippen LogP contribution in [0, 0.1) is 49.0 Å². The van der Waals surface area contributed by atoms with Crippen LogP contribution >= 0.6 is 0 Å². The third kappa shape index (κ3) is 15.5. The van der Waals surface area contributed by atoms with E-state index in [2.05, 4.69) is 458 Å². The molecule has 0 saturated heterocycles. The van der Waals surface area contributed by atoms with E-state index < -0.39 is 24.2 Å². The van der Waals surface area contributed by atoms with Gasteiger partial charge in [0, 0.05) is 38.0 Å². The Morgan fingerprint density at radius 3 is 0.799 bits per heavy atom. The molecule has 0 fully saturated rings. The molecule has 0 unspecified atom stereocenters. The van der Waals surface area contributed by atoms with E-state index in [1.165, 1.54) is 57.1 Å². The van der Waals surface area contributed by atoms with Crippen molar-refractivity contribution in [1.82, 2.24) is 13.7 Å². The molecule has 0 radical (unpaired) electrons. The molecule has 0 spiro atoms. The Labute approximate surface area is 839 Å². The zero-order valence-corrected chi connectivity index (χ0v) is 81.3. The fraction of sp³-hybridized carbons (Fsp3) is 0. The second-order valence-corrected chi connectivity index (χ2v) is 47.0. The summed E-state index contributed by atoms with van der Waals surface area (Å²) in [4.78, 5) is 15.8. The van der Waals surface area contributed by atoms with Gasteiger partial charge in [-0.05, 0) is 162 Å². The van der Waals surface area contributed by atoms with Crippen LogP contribution in [0.3, 0.4) is 0 Å². The highest BCUT2D eigenvalue weighted by Crippen LogP contribution is 2.46. The largest absolute Gasteiger partial charge is 0.320 e. The van der Waals surface area contributed by atoms with Gasteiger partial charge in [-0.15, -0.1) is 0 Å². The molecule has 0 saturated carbocycles. The van der Waals surface area contributed by atoms with E-state index in [0.717, 1.165) is 115 Å². The Hall–Kier alpha value is -19.4. The van der Waals surface area contributed by atoms with E-state index in [4.69, 9.17) is 26.3 Å². The van der Waals surface area contributed by atoms with Gasteiger partial charge in [-0.25, -0.2) is 19.4 Å². The van der Waals surface area contributed by atoms with E-state index in [9.17, 15) is 10.5 Å². The van der Waals surface area contributed by atoms with E-state index in [1.807, 2.05) is 115 Å². The number of benzene rings is 21. The Morgan fingerprint density at radius 2 is 0.479 bits per heavy atom. The van der Waals surface area contributed by atoms with E-state index in [1.54, 1.807) is 0 Å². The summed E-state index contributed by atoms with van der Waals surface area (Å²) >= 11 is 0. The van der Waals surface area contributed by atoms with Crippen molar-refractivity contribution in [2.24, 2.45) is 0 Å². The fourth-order valence-electron chi connectivity index (χ4n) is 22.0. The predicted octanol–water partition coefficient (Wildman–Crippen LogP) is 25.4. The fourth-order valence-corrected chi connectivity index (χ4v) is 36.4. The van der Waals surface area contributed by atoms with Crippen LogP contribution < -0.4 is 62.2 Å². The molecule has 9 nitrogen and oxygen atoms in total. The number of hydrogen-bond donors (Lipinski definition) is 0. The number of nitriles is 2. The predicted molar refractivity (Wildman–Crippen MR) is 604 cm³/mol. The molecule has 0 amide bonds. The van der Waals surface area contributed by atoms with Crippen LogP contribution in [0.2, 0.25) is 0 Å². The lowest BCUT2D eigenvalue weighted by Gasteiger charge is -2.35. The molecular formula is C132H87N9Si3. The van der Waals surface area contributed by atoms with Gasteiger partial charge in [-0.2, -0.15) is 10.5 Å². The summed E-state index contributed by atoms with van der Waals surface area (Å²) in [5.41, 5.74) is 16.6. The molecule has 672 valence electrons. The first kappa shape index (κ1) is 89.8. The van der Waals surface area contributed by atoms with Crippen LogP contribution in [0.25, 0.3) is 135 Å². The smallest absolute Gasteiger partial charge is 0.217 e. The SMILES string of the molecule is [C-]#[N+]c1cc(-c2ccc([Si](c3ccccc3)(c3ccccc3)c3ccccc3)cc2)cc(-n2c3ccccc3c3ccccc32)c1[N+]#[C-].[C-]#[N+]c1cc(-c2cccc([Si](c3ccccc3)(c3ccccc3)c3ccccc3)c2C#N)ccc1-n1c2ccccc2c2ccccc21.[C-]#[N+]c1cc(-n2c3ccccc3c3ccccc32)c(C#N)cc1-c1ccc([Si](c2ccccc2)(c2ccccc2)c2ccccc2)cc1. The van der Waals surface area contributed by atoms with E-state index in [-0.39, 0.29) is 0 Å². The highest BCUT2D eigenvalue weighted by molar-refractivity contribution is 7.21. The standard InChI is InChI=1S/3C44H29N3Si/c1-45-40-30-33(31-43(44(40)46-2)47-41-24-14-12-22-38(41)39-23-13-15-25-42(39)47)32-26-28-37(29-27-32)48(34-16-6-3-7-17-34,35-18-8-4-9-19-35)36-20-10-5-11-21-36;1-46-40-30-32(28-29-43(40)47-41-25-13-11-22-37(41)38-23-12-14-26-42(38)47)36-24-15-27-44(39(36)31-45)48(33-16-5-2-6-17-33,34-18-7-3-8-19-34)35-20-9-4-10-21-35;1-46-41-30-44(47-42-23-13-11-21-38(42)39-22-12-14-24-43(39)47)33(31-45)29-40(41)32-25-27-37(28-26-32)48(34-15-5-2-6-16-34,35-17-7-3-8-18-35)36-19-9-4-10-20-36/h3-31H;2*2-30H. The van der Waals surface area contributed by atoms with Crippen molar-refractivity contribution in [2.75, 3.05) is 0 Å². The summed E-state index contributed by atoms with van der Waals surface area (Å²) < 4.78 is 6.44. The maximum atomic E-state index is 11.0. The molecule has 144 heavy (non-hydrogen) atoms. The maximum Gasteiger partial charge on any atom is 0.217 e. The molecule has 0 bridgehead atoms. The zero-order valence-electron chi connectivity index (χ0n) is 78.3. The van der Waals surface area contributed by atoms with Crippen LogP contribution in [0.15, 0.2) is 528 Å². The van der Waals surface area contributed by atoms with Crippen molar-refractivity contribution in [3.63, 3.8) is 0 Å². The van der Waals surface area contributed by atoms with Gasteiger partial charge in [0.15, 0.2) is 35.6 Å². The van der Waals surface area contributed by atoms with Gasteiger partial charge in [0.25, 0.3) is 0 Å². The maximum absolute atomic E-state index is 11.0. The lowest BCUT2D eigenvalue weighted by Crippen LogP contribution is -2.75. The van der Waals surface area contributed by atoms with E-state index >= 15 is 0 Å². The molecule has 3 aromatic heterocycles. The molecule has 0 aliphatic heterocycles. The van der Waals surface area contributed by atoms with Gasteiger partial charge < -0.3 is 13.7 Å². The number of rotatable bonds is 18. The van der Waals surface area contributed by atoms with Gasteiger partial charge >= 0.3 is 0 Å². The van der Waals surface area contributed by atoms with Gasteiger partial charge in [-0.3, -0.25) is 0 Å². The van der Waals surface area contributed by atoms with Crippen LogP contribution in [-0.4, -0.2) is 37.9 Å². The van der Waals surface area contributed by atoms with Crippen molar-refractivity contribution in [2.45, 2.75) is 0 Å². The lowest BCUT2D eigenvalue weighted by atomic mass is 9.99. The summed E-state index contributed by atoms with van der Waals surface area (Å²) in [6.45, 7) is 32.7. The van der Waals surface area contributed by atoms with Crippen LogP contribution in [0.1, 0.15) is 11.1 Å². The average molecular weight is 1880 g/mol. The second-order valence-electron chi connectivity index (χ2n) is 35.7. The normalized spacial score (nSPS) is 11.3. The first-order valence-corrected chi connectivity index (χ1v) is 53.8.